The van der Waals surface area contributed by atoms with Gasteiger partial charge in [0, 0.05) is 24.0 Å². The topological polar surface area (TPSA) is 29.9 Å². The largest absolute Gasteiger partial charge is 0.305 e. The highest BCUT2D eigenvalue weighted by Crippen LogP contribution is 2.23. The van der Waals surface area contributed by atoms with Crippen LogP contribution in [0.5, 0.6) is 0 Å². The van der Waals surface area contributed by atoms with E-state index in [4.69, 9.17) is 11.6 Å². The van der Waals surface area contributed by atoms with Crippen molar-refractivity contribution in [2.75, 3.05) is 0 Å². The molecule has 1 atom stereocenters. The lowest BCUT2D eigenvalue weighted by atomic mass is 10.0. The van der Waals surface area contributed by atoms with Crippen LogP contribution in [0, 0.1) is 0 Å². The zero-order valence-corrected chi connectivity index (χ0v) is 14.2. The lowest BCUT2D eigenvalue weighted by molar-refractivity contribution is 0.372. The van der Waals surface area contributed by atoms with Crippen molar-refractivity contribution < 1.29 is 0 Å². The number of nitrogens with zero attached hydrogens (tertiary/aromatic N) is 2. The van der Waals surface area contributed by atoms with Crippen LogP contribution in [0.3, 0.4) is 0 Å². The van der Waals surface area contributed by atoms with E-state index in [1.54, 1.807) is 0 Å². The average Bonchev–Trinajstić information content (AvgIpc) is 2.62. The molecule has 0 bridgehead atoms. The minimum absolute atomic E-state index is 0.0694. The zero-order chi connectivity index (χ0) is 13.9. The summed E-state index contributed by atoms with van der Waals surface area (Å²) < 4.78 is 3.17. The quantitative estimate of drug-likeness (QED) is 0.802. The monoisotopic (exact) mass is 335 g/mol. The molecule has 104 valence electrons. The average molecular weight is 337 g/mol. The van der Waals surface area contributed by atoms with Crippen LogP contribution < -0.4 is 5.32 Å². The first-order valence-electron chi connectivity index (χ1n) is 6.46. The fourth-order valence-corrected chi connectivity index (χ4v) is 2.42. The van der Waals surface area contributed by atoms with Gasteiger partial charge < -0.3 is 5.32 Å². The van der Waals surface area contributed by atoms with E-state index in [0.29, 0.717) is 0 Å². The molecule has 0 saturated heterocycles. The van der Waals surface area contributed by atoms with E-state index in [0.717, 1.165) is 29.7 Å². The smallest absolute Gasteiger partial charge is 0.0767 e. The van der Waals surface area contributed by atoms with E-state index >= 15 is 0 Å². The third-order valence-electron chi connectivity index (χ3n) is 3.40. The second kappa shape index (κ2) is 6.40. The highest BCUT2D eigenvalue weighted by atomic mass is 79.9. The van der Waals surface area contributed by atoms with Crippen LogP contribution in [-0.4, -0.2) is 20.7 Å². The minimum Gasteiger partial charge on any atom is -0.305 e. The van der Waals surface area contributed by atoms with E-state index in [1.807, 2.05) is 11.6 Å². The van der Waals surface area contributed by atoms with Crippen molar-refractivity contribution in [1.82, 2.24) is 15.1 Å². The number of hydrogen-bond acceptors (Lipinski definition) is 2. The second-order valence-corrected chi connectivity index (χ2v) is 6.52. The fourth-order valence-electron chi connectivity index (χ4n) is 1.64. The molecule has 3 nitrogen and oxygen atoms in total. The molecule has 0 amide bonds. The van der Waals surface area contributed by atoms with Gasteiger partial charge in [-0.15, -0.1) is 11.6 Å². The third-order valence-corrected chi connectivity index (χ3v) is 4.86. The second-order valence-electron chi connectivity index (χ2n) is 5.07. The Morgan fingerprint density at radius 2 is 2.06 bits per heavy atom. The normalized spacial score (nSPS) is 13.9. The van der Waals surface area contributed by atoms with Crippen molar-refractivity contribution in [2.45, 2.75) is 65.0 Å². The third kappa shape index (κ3) is 3.49. The number of nitrogens with one attached hydrogen (secondary N) is 1. The molecule has 1 aromatic heterocycles. The Morgan fingerprint density at radius 1 is 1.44 bits per heavy atom. The maximum atomic E-state index is 6.18. The number of rotatable bonds is 6. The molecule has 1 N–H and O–H groups in total. The summed E-state index contributed by atoms with van der Waals surface area (Å²) in [4.78, 5) is 0. The molecule has 1 aromatic rings. The Balaban J connectivity index is 2.87. The summed E-state index contributed by atoms with van der Waals surface area (Å²) in [5, 5.41) is 8.16. The van der Waals surface area contributed by atoms with E-state index in [2.05, 4.69) is 54.0 Å². The van der Waals surface area contributed by atoms with Gasteiger partial charge >= 0.3 is 0 Å². The van der Waals surface area contributed by atoms with Gasteiger partial charge in [0.1, 0.15) is 0 Å². The molecule has 0 spiro atoms. The van der Waals surface area contributed by atoms with E-state index in [9.17, 15) is 0 Å². The molecule has 0 aliphatic carbocycles. The number of hydrogen-bond donors (Lipinski definition) is 1. The first kappa shape index (κ1) is 16.0. The molecule has 0 aromatic carbocycles. The predicted molar refractivity (Wildman–Crippen MR) is 81.2 cm³/mol. The summed E-state index contributed by atoms with van der Waals surface area (Å²) >= 11 is 9.84. The molecule has 0 radical (unpaired) electrons. The molecule has 0 saturated carbocycles. The van der Waals surface area contributed by atoms with Crippen molar-refractivity contribution in [2.24, 2.45) is 0 Å². The van der Waals surface area contributed by atoms with Crippen LogP contribution >= 0.6 is 27.5 Å². The molecule has 18 heavy (non-hydrogen) atoms. The fraction of sp³-hybridized carbons (Fsp3) is 0.769. The molecule has 5 heteroatoms. The highest BCUT2D eigenvalue weighted by molar-refractivity contribution is 9.10. The summed E-state index contributed by atoms with van der Waals surface area (Å²) in [7, 11) is 0. The molecule has 0 fully saturated rings. The first-order valence-corrected chi connectivity index (χ1v) is 7.69. The molecule has 1 heterocycles. The lowest BCUT2D eigenvalue weighted by Crippen LogP contribution is -2.45. The summed E-state index contributed by atoms with van der Waals surface area (Å²) in [5.41, 5.74) is 2.21. The van der Waals surface area contributed by atoms with Crippen molar-refractivity contribution in [1.29, 1.82) is 0 Å². The van der Waals surface area contributed by atoms with Gasteiger partial charge in [-0.05, 0) is 50.0 Å². The SMILES string of the molecule is CCc1nn(CC)c(CNC(C)(C)C(C)Cl)c1Br. The van der Waals surface area contributed by atoms with Crippen LogP contribution in [0.1, 0.15) is 46.0 Å². The molecule has 0 aliphatic rings. The number of aryl methyl sites for hydroxylation is 2. The first-order chi connectivity index (χ1) is 8.33. The van der Waals surface area contributed by atoms with Crippen LogP contribution in [-0.2, 0) is 19.5 Å². The molecule has 1 unspecified atom stereocenters. The van der Waals surface area contributed by atoms with Crippen molar-refractivity contribution >= 4 is 27.5 Å². The zero-order valence-electron chi connectivity index (χ0n) is 11.8. The van der Waals surface area contributed by atoms with Crippen LogP contribution in [0.2, 0.25) is 0 Å². The van der Waals surface area contributed by atoms with Crippen molar-refractivity contribution in [3.8, 4) is 0 Å². The molecular formula is C13H23BrClN3. The molecular weight excluding hydrogens is 314 g/mol. The predicted octanol–water partition coefficient (Wildman–Crippen LogP) is 3.72. The number of alkyl halides is 1. The van der Waals surface area contributed by atoms with E-state index in [-0.39, 0.29) is 10.9 Å². The van der Waals surface area contributed by atoms with Gasteiger partial charge in [0.05, 0.1) is 15.9 Å². The van der Waals surface area contributed by atoms with Gasteiger partial charge in [-0.1, -0.05) is 6.92 Å². The van der Waals surface area contributed by atoms with Gasteiger partial charge in [0.15, 0.2) is 0 Å². The van der Waals surface area contributed by atoms with Gasteiger partial charge in [0.2, 0.25) is 0 Å². The Labute approximate surface area is 123 Å². The summed E-state index contributed by atoms with van der Waals surface area (Å²) in [6, 6.07) is 0. The van der Waals surface area contributed by atoms with Gasteiger partial charge in [-0.3, -0.25) is 4.68 Å². The lowest BCUT2D eigenvalue weighted by Gasteiger charge is -2.29. The Bertz CT molecular complexity index is 399. The van der Waals surface area contributed by atoms with E-state index < -0.39 is 0 Å². The van der Waals surface area contributed by atoms with E-state index in [1.165, 1.54) is 5.69 Å². The standard InChI is InChI=1S/C13H23BrClN3/c1-6-10-12(14)11(18(7-2)17-10)8-16-13(4,5)9(3)15/h9,16H,6-8H2,1-5H3. The number of aromatic nitrogens is 2. The highest BCUT2D eigenvalue weighted by Gasteiger charge is 2.24. The summed E-state index contributed by atoms with van der Waals surface area (Å²) in [5.74, 6) is 0. The Morgan fingerprint density at radius 3 is 2.50 bits per heavy atom. The molecule has 1 rings (SSSR count). The van der Waals surface area contributed by atoms with Crippen LogP contribution in [0.25, 0.3) is 0 Å². The van der Waals surface area contributed by atoms with Crippen LogP contribution in [0.4, 0.5) is 0 Å². The molecule has 0 aliphatic heterocycles. The van der Waals surface area contributed by atoms with Gasteiger partial charge in [0.25, 0.3) is 0 Å². The summed E-state index contributed by atoms with van der Waals surface area (Å²) in [6.07, 6.45) is 0.940. The Hall–Kier alpha value is -0.0600. The van der Waals surface area contributed by atoms with Gasteiger partial charge in [-0.2, -0.15) is 5.10 Å². The van der Waals surface area contributed by atoms with Crippen LogP contribution in [0.15, 0.2) is 4.47 Å². The Kier molecular flexibility index (Phi) is 5.68. The van der Waals surface area contributed by atoms with Gasteiger partial charge in [-0.25, -0.2) is 0 Å². The van der Waals surface area contributed by atoms with Crippen molar-refractivity contribution in [3.63, 3.8) is 0 Å². The maximum Gasteiger partial charge on any atom is 0.0767 e. The maximum absolute atomic E-state index is 6.18. The van der Waals surface area contributed by atoms with Crippen molar-refractivity contribution in [3.05, 3.63) is 15.9 Å². The number of halogens is 2. The minimum atomic E-state index is -0.101. The summed E-state index contributed by atoms with van der Waals surface area (Å²) in [6.45, 7) is 12.1.